The van der Waals surface area contributed by atoms with Gasteiger partial charge in [-0.15, -0.1) is 11.3 Å². The van der Waals surface area contributed by atoms with Gasteiger partial charge in [0.2, 0.25) is 5.91 Å². The van der Waals surface area contributed by atoms with Crippen LogP contribution in [0, 0.1) is 6.92 Å². The van der Waals surface area contributed by atoms with E-state index in [1.54, 1.807) is 0 Å². The summed E-state index contributed by atoms with van der Waals surface area (Å²) in [6.45, 7) is 3.46. The van der Waals surface area contributed by atoms with Gasteiger partial charge in [-0.1, -0.05) is 29.8 Å². The normalized spacial score (nSPS) is 10.0. The summed E-state index contributed by atoms with van der Waals surface area (Å²) in [5, 5.41) is 8.25. The number of benzene rings is 1. The van der Waals surface area contributed by atoms with Crippen LogP contribution in [0.2, 0.25) is 0 Å². The van der Waals surface area contributed by atoms with Crippen LogP contribution in [0.3, 0.4) is 0 Å². The molecule has 2 N–H and O–H groups in total. The van der Waals surface area contributed by atoms with Crippen molar-refractivity contribution >= 4 is 39.7 Å². The number of thiazole rings is 1. The Morgan fingerprint density at radius 1 is 1.32 bits per heavy atom. The summed E-state index contributed by atoms with van der Waals surface area (Å²) in [6.07, 6.45) is 0. The summed E-state index contributed by atoms with van der Waals surface area (Å²) >= 11 is 6.42. The first-order valence-electron chi connectivity index (χ1n) is 5.66. The molecule has 6 heteroatoms. The van der Waals surface area contributed by atoms with Crippen molar-refractivity contribution in [2.75, 3.05) is 5.32 Å². The minimum Gasteiger partial charge on any atom is -0.308 e. The van der Waals surface area contributed by atoms with E-state index in [1.165, 1.54) is 23.8 Å². The molecule has 0 fully saturated rings. The number of carbonyl (C=O) groups is 1. The lowest BCUT2D eigenvalue weighted by molar-refractivity contribution is -0.117. The van der Waals surface area contributed by atoms with Gasteiger partial charge in [-0.05, 0) is 19.1 Å². The van der Waals surface area contributed by atoms with Crippen LogP contribution in [-0.4, -0.2) is 16.0 Å². The molecule has 0 unspecified atom stereocenters. The van der Waals surface area contributed by atoms with Gasteiger partial charge in [-0.3, -0.25) is 4.79 Å². The summed E-state index contributed by atoms with van der Waals surface area (Å²) < 4.78 is 0. The Kier molecular flexibility index (Phi) is 4.24. The Morgan fingerprint density at radius 2 is 2.00 bits per heavy atom. The van der Waals surface area contributed by atoms with Gasteiger partial charge in [-0.2, -0.15) is 0 Å². The van der Waals surface area contributed by atoms with Gasteiger partial charge in [0, 0.05) is 17.9 Å². The van der Waals surface area contributed by atoms with Gasteiger partial charge in [0.1, 0.15) is 0 Å². The molecule has 0 radical (unpaired) electrons. The lowest BCUT2D eigenvalue weighted by Crippen LogP contribution is -2.32. The second-order valence-electron chi connectivity index (χ2n) is 4.04. The molecule has 1 heterocycles. The third-order valence-corrected chi connectivity index (χ3v) is 3.32. The predicted molar refractivity (Wildman–Crippen MR) is 82.3 cm³/mol. The Balaban J connectivity index is 2.09. The van der Waals surface area contributed by atoms with Crippen LogP contribution in [0.15, 0.2) is 29.6 Å². The second kappa shape index (κ2) is 5.90. The van der Waals surface area contributed by atoms with E-state index in [4.69, 9.17) is 12.2 Å². The molecule has 0 spiro atoms. The zero-order valence-corrected chi connectivity index (χ0v) is 12.2. The van der Waals surface area contributed by atoms with Crippen LogP contribution < -0.4 is 10.6 Å². The highest BCUT2D eigenvalue weighted by atomic mass is 32.1. The van der Waals surface area contributed by atoms with E-state index >= 15 is 0 Å². The van der Waals surface area contributed by atoms with E-state index < -0.39 is 0 Å². The molecule has 0 saturated carbocycles. The van der Waals surface area contributed by atoms with Crippen molar-refractivity contribution in [2.24, 2.45) is 0 Å². The van der Waals surface area contributed by atoms with E-state index in [-0.39, 0.29) is 11.0 Å². The number of anilines is 1. The van der Waals surface area contributed by atoms with Crippen LogP contribution >= 0.6 is 23.6 Å². The number of aryl methyl sites for hydroxylation is 1. The molecular weight excluding hydrogens is 278 g/mol. The number of rotatable bonds is 2. The van der Waals surface area contributed by atoms with Crippen LogP contribution in [0.1, 0.15) is 12.5 Å². The Morgan fingerprint density at radius 3 is 2.63 bits per heavy atom. The average Bonchev–Trinajstić information content (AvgIpc) is 2.77. The first-order valence-corrected chi connectivity index (χ1v) is 6.94. The van der Waals surface area contributed by atoms with Gasteiger partial charge in [0.25, 0.3) is 0 Å². The topological polar surface area (TPSA) is 54.0 Å². The lowest BCUT2D eigenvalue weighted by atomic mass is 10.1. The quantitative estimate of drug-likeness (QED) is 0.835. The Bertz CT molecular complexity index is 605. The standard InChI is InChI=1S/C13H13N3OS2/c1-8-3-5-10(6-4-8)11-7-19-13(15-11)16-12(18)14-9(2)17/h3-7H,1-2H3,(H2,14,15,16,17,18). The van der Waals surface area contributed by atoms with Crippen LogP contribution in [0.4, 0.5) is 5.13 Å². The van der Waals surface area contributed by atoms with Crippen molar-refractivity contribution in [3.8, 4) is 11.3 Å². The van der Waals surface area contributed by atoms with Crippen molar-refractivity contribution in [1.29, 1.82) is 0 Å². The second-order valence-corrected chi connectivity index (χ2v) is 5.31. The van der Waals surface area contributed by atoms with Gasteiger partial charge in [-0.25, -0.2) is 4.98 Å². The zero-order chi connectivity index (χ0) is 13.8. The third-order valence-electron chi connectivity index (χ3n) is 2.36. The number of nitrogens with zero attached hydrogens (tertiary/aromatic N) is 1. The molecule has 1 aromatic heterocycles. The number of amides is 1. The zero-order valence-electron chi connectivity index (χ0n) is 10.6. The minimum absolute atomic E-state index is 0.201. The molecule has 19 heavy (non-hydrogen) atoms. The molecular formula is C13H13N3OS2. The number of carbonyl (C=O) groups excluding carboxylic acids is 1. The smallest absolute Gasteiger partial charge is 0.222 e. The monoisotopic (exact) mass is 291 g/mol. The summed E-state index contributed by atoms with van der Waals surface area (Å²) in [5.74, 6) is -0.201. The first-order chi connectivity index (χ1) is 9.04. The van der Waals surface area contributed by atoms with Gasteiger partial charge >= 0.3 is 0 Å². The lowest BCUT2D eigenvalue weighted by Gasteiger charge is -2.03. The molecule has 0 aliphatic carbocycles. The van der Waals surface area contributed by atoms with Crippen molar-refractivity contribution in [2.45, 2.75) is 13.8 Å². The van der Waals surface area contributed by atoms with Crippen molar-refractivity contribution < 1.29 is 4.79 Å². The van der Waals surface area contributed by atoms with E-state index in [2.05, 4.69) is 15.6 Å². The number of thiocarbonyl (C=S) groups is 1. The molecule has 0 aliphatic heterocycles. The maximum absolute atomic E-state index is 10.8. The highest BCUT2D eigenvalue weighted by molar-refractivity contribution is 7.80. The molecule has 0 saturated heterocycles. The Labute approximate surface area is 120 Å². The van der Waals surface area contributed by atoms with Crippen molar-refractivity contribution in [3.05, 3.63) is 35.2 Å². The molecule has 2 rings (SSSR count). The molecule has 0 aliphatic rings. The fraction of sp³-hybridized carbons (Fsp3) is 0.154. The number of hydrogen-bond donors (Lipinski definition) is 2. The SMILES string of the molecule is CC(=O)NC(=S)Nc1nc(-c2ccc(C)cc2)cs1. The summed E-state index contributed by atoms with van der Waals surface area (Å²) in [5.41, 5.74) is 3.16. The average molecular weight is 291 g/mol. The van der Waals surface area contributed by atoms with Gasteiger partial charge in [0.05, 0.1) is 5.69 Å². The number of nitrogens with one attached hydrogen (secondary N) is 2. The summed E-state index contributed by atoms with van der Waals surface area (Å²) in [4.78, 5) is 15.3. The molecule has 98 valence electrons. The van der Waals surface area contributed by atoms with E-state index in [1.807, 2.05) is 36.6 Å². The summed E-state index contributed by atoms with van der Waals surface area (Å²) in [6, 6.07) is 8.15. The largest absolute Gasteiger partial charge is 0.308 e. The van der Waals surface area contributed by atoms with Crippen molar-refractivity contribution in [1.82, 2.24) is 10.3 Å². The fourth-order valence-electron chi connectivity index (χ4n) is 1.48. The maximum atomic E-state index is 10.8. The van der Waals surface area contributed by atoms with Crippen LogP contribution in [-0.2, 0) is 4.79 Å². The number of hydrogen-bond acceptors (Lipinski definition) is 4. The fourth-order valence-corrected chi connectivity index (χ4v) is 2.51. The van der Waals surface area contributed by atoms with Gasteiger partial charge in [0.15, 0.2) is 10.2 Å². The predicted octanol–water partition coefficient (Wildman–Crippen LogP) is 2.95. The minimum atomic E-state index is -0.201. The first kappa shape index (κ1) is 13.6. The highest BCUT2D eigenvalue weighted by Crippen LogP contribution is 2.24. The molecule has 1 aromatic carbocycles. The summed E-state index contributed by atoms with van der Waals surface area (Å²) in [7, 11) is 0. The molecule has 0 bridgehead atoms. The van der Waals surface area contributed by atoms with Crippen LogP contribution in [0.25, 0.3) is 11.3 Å². The molecule has 0 atom stereocenters. The van der Waals surface area contributed by atoms with E-state index in [9.17, 15) is 4.79 Å². The maximum Gasteiger partial charge on any atom is 0.222 e. The van der Waals surface area contributed by atoms with Crippen LogP contribution in [0.5, 0.6) is 0 Å². The van der Waals surface area contributed by atoms with E-state index in [0.717, 1.165) is 11.3 Å². The van der Waals surface area contributed by atoms with E-state index in [0.29, 0.717) is 5.13 Å². The third kappa shape index (κ3) is 3.84. The molecule has 2 aromatic rings. The molecule has 1 amide bonds. The highest BCUT2D eigenvalue weighted by Gasteiger charge is 2.06. The van der Waals surface area contributed by atoms with Crippen molar-refractivity contribution in [3.63, 3.8) is 0 Å². The molecule has 4 nitrogen and oxygen atoms in total. The van der Waals surface area contributed by atoms with Gasteiger partial charge < -0.3 is 10.6 Å². The Hall–Kier alpha value is -1.79. The number of aromatic nitrogens is 1.